The number of nitrogens with two attached hydrogens (primary N) is 1. The Morgan fingerprint density at radius 3 is 2.48 bits per heavy atom. The number of ether oxygens (including phenoxy) is 1. The molecule has 0 saturated heterocycles. The van der Waals surface area contributed by atoms with Gasteiger partial charge in [-0.3, -0.25) is 4.79 Å². The maximum atomic E-state index is 13.5. The molecule has 0 spiro atoms. The summed E-state index contributed by atoms with van der Waals surface area (Å²) < 4.78 is 41.0. The van der Waals surface area contributed by atoms with Crippen molar-refractivity contribution in [3.63, 3.8) is 0 Å². The summed E-state index contributed by atoms with van der Waals surface area (Å²) in [7, 11) is -2.58. The summed E-state index contributed by atoms with van der Waals surface area (Å²) in [6, 6.07) is 2.69. The third-order valence-electron chi connectivity index (χ3n) is 2.87. The molecule has 0 aliphatic heterocycles. The van der Waals surface area contributed by atoms with Gasteiger partial charge in [-0.15, -0.1) is 0 Å². The number of amides is 1. The average molecular weight is 318 g/mol. The Morgan fingerprint density at radius 2 is 2.00 bits per heavy atom. The molecule has 6 nitrogen and oxygen atoms in total. The zero-order valence-electron chi connectivity index (χ0n) is 12.2. The van der Waals surface area contributed by atoms with Crippen molar-refractivity contribution in [2.24, 2.45) is 5.14 Å². The second-order valence-corrected chi connectivity index (χ2v) is 6.37. The number of rotatable bonds is 6. The molecule has 0 aliphatic rings. The molecule has 2 N–H and O–H groups in total. The van der Waals surface area contributed by atoms with Crippen LogP contribution in [0.4, 0.5) is 4.39 Å². The molecule has 1 aromatic rings. The first kappa shape index (κ1) is 17.5. The van der Waals surface area contributed by atoms with E-state index in [1.54, 1.807) is 13.8 Å². The van der Waals surface area contributed by atoms with Crippen LogP contribution in [0.15, 0.2) is 23.1 Å². The fraction of sp³-hybridized carbons (Fsp3) is 0.462. The van der Waals surface area contributed by atoms with E-state index < -0.39 is 26.6 Å². The van der Waals surface area contributed by atoms with Crippen molar-refractivity contribution in [2.75, 3.05) is 20.3 Å². The Hall–Kier alpha value is -1.51. The van der Waals surface area contributed by atoms with Crippen LogP contribution in [0.5, 0.6) is 0 Å². The van der Waals surface area contributed by atoms with Crippen LogP contribution >= 0.6 is 0 Å². The summed E-state index contributed by atoms with van der Waals surface area (Å²) in [4.78, 5) is 13.4. The van der Waals surface area contributed by atoms with E-state index >= 15 is 0 Å². The molecule has 1 aromatic carbocycles. The van der Waals surface area contributed by atoms with Crippen LogP contribution in [0, 0.1) is 5.82 Å². The van der Waals surface area contributed by atoms with Gasteiger partial charge in [0.05, 0.1) is 11.5 Å². The number of carbonyl (C=O) groups excluding carboxylic acids is 1. The summed E-state index contributed by atoms with van der Waals surface area (Å²) in [5, 5.41) is 4.97. The van der Waals surface area contributed by atoms with Crippen LogP contribution in [-0.2, 0) is 14.8 Å². The minimum Gasteiger partial charge on any atom is -0.383 e. The molecule has 21 heavy (non-hydrogen) atoms. The van der Waals surface area contributed by atoms with E-state index in [1.165, 1.54) is 12.0 Å². The summed E-state index contributed by atoms with van der Waals surface area (Å²) in [6.45, 7) is 4.23. The predicted octanol–water partition coefficient (Wildman–Crippen LogP) is 0.970. The fourth-order valence-corrected chi connectivity index (χ4v) is 2.37. The quantitative estimate of drug-likeness (QED) is 0.846. The predicted molar refractivity (Wildman–Crippen MR) is 75.8 cm³/mol. The highest BCUT2D eigenvalue weighted by atomic mass is 32.2. The molecule has 0 bridgehead atoms. The highest BCUT2D eigenvalue weighted by Crippen LogP contribution is 2.16. The first-order valence-corrected chi connectivity index (χ1v) is 7.84. The molecule has 1 rings (SSSR count). The number of hydrogen-bond acceptors (Lipinski definition) is 4. The first-order valence-electron chi connectivity index (χ1n) is 6.30. The molecule has 0 heterocycles. The number of hydrogen-bond donors (Lipinski definition) is 1. The molecule has 0 aromatic heterocycles. The molecule has 0 atom stereocenters. The number of halogens is 1. The van der Waals surface area contributed by atoms with Gasteiger partial charge >= 0.3 is 0 Å². The van der Waals surface area contributed by atoms with E-state index in [0.717, 1.165) is 18.2 Å². The van der Waals surface area contributed by atoms with Crippen molar-refractivity contribution in [1.29, 1.82) is 0 Å². The van der Waals surface area contributed by atoms with Gasteiger partial charge < -0.3 is 9.64 Å². The van der Waals surface area contributed by atoms with E-state index in [2.05, 4.69) is 0 Å². The van der Waals surface area contributed by atoms with Gasteiger partial charge in [-0.2, -0.15) is 0 Å². The molecular weight excluding hydrogens is 299 g/mol. The minimum atomic E-state index is -4.08. The highest BCUT2D eigenvalue weighted by molar-refractivity contribution is 7.89. The lowest BCUT2D eigenvalue weighted by atomic mass is 10.1. The standard InChI is InChI=1S/C13H19FN2O4S/c1-9(2)16(4-5-20-3)13(17)10-6-11(14)8-12(7-10)21(15,18)19/h6-9H,4-5H2,1-3H3,(H2,15,18,19). The largest absolute Gasteiger partial charge is 0.383 e. The minimum absolute atomic E-state index is 0.0659. The van der Waals surface area contributed by atoms with E-state index in [9.17, 15) is 17.6 Å². The summed E-state index contributed by atoms with van der Waals surface area (Å²) in [5.74, 6) is -1.31. The molecular formula is C13H19FN2O4S. The van der Waals surface area contributed by atoms with E-state index in [0.29, 0.717) is 13.2 Å². The number of methoxy groups -OCH3 is 1. The first-order chi connectivity index (χ1) is 9.66. The number of benzene rings is 1. The van der Waals surface area contributed by atoms with Crippen molar-refractivity contribution in [1.82, 2.24) is 4.90 Å². The fourth-order valence-electron chi connectivity index (χ4n) is 1.80. The SMILES string of the molecule is COCCN(C(=O)c1cc(F)cc(S(N)(=O)=O)c1)C(C)C. The highest BCUT2D eigenvalue weighted by Gasteiger charge is 2.21. The lowest BCUT2D eigenvalue weighted by molar-refractivity contribution is 0.0634. The lowest BCUT2D eigenvalue weighted by Crippen LogP contribution is -2.39. The van der Waals surface area contributed by atoms with Gasteiger partial charge in [-0.05, 0) is 32.0 Å². The molecule has 0 unspecified atom stereocenters. The number of primary sulfonamides is 1. The van der Waals surface area contributed by atoms with E-state index in [1.807, 2.05) is 0 Å². The van der Waals surface area contributed by atoms with Gasteiger partial charge in [0.25, 0.3) is 5.91 Å². The van der Waals surface area contributed by atoms with Gasteiger partial charge in [-0.25, -0.2) is 17.9 Å². The monoisotopic (exact) mass is 318 g/mol. The van der Waals surface area contributed by atoms with Crippen LogP contribution in [0.3, 0.4) is 0 Å². The van der Waals surface area contributed by atoms with Crippen LogP contribution in [0.2, 0.25) is 0 Å². The van der Waals surface area contributed by atoms with Crippen LogP contribution in [0.25, 0.3) is 0 Å². The van der Waals surface area contributed by atoms with E-state index in [4.69, 9.17) is 9.88 Å². The zero-order chi connectivity index (χ0) is 16.2. The van der Waals surface area contributed by atoms with Crippen molar-refractivity contribution < 1.29 is 22.3 Å². The lowest BCUT2D eigenvalue weighted by Gasteiger charge is -2.26. The second kappa shape index (κ2) is 6.97. The zero-order valence-corrected chi connectivity index (χ0v) is 13.0. The van der Waals surface area contributed by atoms with Gasteiger partial charge in [0.1, 0.15) is 5.82 Å². The Balaban J connectivity index is 3.19. The topological polar surface area (TPSA) is 89.7 Å². The Morgan fingerprint density at radius 1 is 1.38 bits per heavy atom. The molecule has 0 radical (unpaired) electrons. The van der Waals surface area contributed by atoms with Crippen molar-refractivity contribution >= 4 is 15.9 Å². The van der Waals surface area contributed by atoms with Crippen LogP contribution < -0.4 is 5.14 Å². The van der Waals surface area contributed by atoms with Gasteiger partial charge in [0.2, 0.25) is 10.0 Å². The molecule has 1 amide bonds. The average Bonchev–Trinajstić information content (AvgIpc) is 2.36. The third kappa shape index (κ3) is 4.76. The van der Waals surface area contributed by atoms with Gasteiger partial charge in [0, 0.05) is 25.3 Å². The van der Waals surface area contributed by atoms with Crippen molar-refractivity contribution in [2.45, 2.75) is 24.8 Å². The normalized spacial score (nSPS) is 11.7. The van der Waals surface area contributed by atoms with Gasteiger partial charge in [0.15, 0.2) is 0 Å². The summed E-state index contributed by atoms with van der Waals surface area (Å²) in [6.07, 6.45) is 0. The molecule has 8 heteroatoms. The molecule has 0 saturated carbocycles. The Bertz CT molecular complexity index is 617. The van der Waals surface area contributed by atoms with Gasteiger partial charge in [-0.1, -0.05) is 0 Å². The number of carbonyl (C=O) groups is 1. The summed E-state index contributed by atoms with van der Waals surface area (Å²) >= 11 is 0. The van der Waals surface area contributed by atoms with Crippen molar-refractivity contribution in [3.8, 4) is 0 Å². The second-order valence-electron chi connectivity index (χ2n) is 4.81. The number of sulfonamides is 1. The van der Waals surface area contributed by atoms with Crippen LogP contribution in [-0.4, -0.2) is 45.5 Å². The van der Waals surface area contributed by atoms with Crippen molar-refractivity contribution in [3.05, 3.63) is 29.6 Å². The molecule has 118 valence electrons. The smallest absolute Gasteiger partial charge is 0.254 e. The molecule has 0 aliphatic carbocycles. The Kier molecular flexibility index (Phi) is 5.82. The van der Waals surface area contributed by atoms with E-state index in [-0.39, 0.29) is 11.6 Å². The maximum absolute atomic E-state index is 13.5. The van der Waals surface area contributed by atoms with Crippen LogP contribution in [0.1, 0.15) is 24.2 Å². The Labute approximate surface area is 123 Å². The summed E-state index contributed by atoms with van der Waals surface area (Å²) in [5.41, 5.74) is -0.0659. The maximum Gasteiger partial charge on any atom is 0.254 e. The number of nitrogens with zero attached hydrogens (tertiary/aromatic N) is 1. The molecule has 0 fully saturated rings. The third-order valence-corrected chi connectivity index (χ3v) is 3.76.